The average Bonchev–Trinajstić information content (AvgIpc) is 2.25. The third-order valence-corrected chi connectivity index (χ3v) is 3.52. The van der Waals surface area contributed by atoms with Gasteiger partial charge < -0.3 is 4.74 Å². The van der Waals surface area contributed by atoms with Crippen LogP contribution in [0.1, 0.15) is 32.3 Å². The van der Waals surface area contributed by atoms with Crippen molar-refractivity contribution in [1.82, 2.24) is 0 Å². The Morgan fingerprint density at radius 2 is 1.94 bits per heavy atom. The van der Waals surface area contributed by atoms with Gasteiger partial charge in [0.05, 0.1) is 0 Å². The van der Waals surface area contributed by atoms with E-state index in [-0.39, 0.29) is 11.2 Å². The average molecular weight is 228 g/mol. The Morgan fingerprint density at radius 3 is 2.76 bits per heavy atom. The molecule has 1 aromatic rings. The lowest BCUT2D eigenvalue weighted by atomic mass is 9.75. The number of carbonyl (C=O) groups excluding carboxylic acids is 1. The van der Waals surface area contributed by atoms with Crippen LogP contribution in [0.2, 0.25) is 0 Å². The number of carbonyl (C=O) groups is 1. The van der Waals surface area contributed by atoms with Crippen molar-refractivity contribution in [2.45, 2.75) is 33.1 Å². The smallest absolute Gasteiger partial charge is 0.163 e. The van der Waals surface area contributed by atoms with Gasteiger partial charge in [-0.1, -0.05) is 32.0 Å². The molecule has 0 unspecified atom stereocenters. The van der Waals surface area contributed by atoms with Crippen molar-refractivity contribution in [3.8, 4) is 5.75 Å². The zero-order valence-electron chi connectivity index (χ0n) is 10.2. The van der Waals surface area contributed by atoms with Crippen molar-refractivity contribution in [1.29, 1.82) is 0 Å². The second kappa shape index (κ2) is 3.46. The van der Waals surface area contributed by atoms with Gasteiger partial charge in [0.1, 0.15) is 11.5 Å². The first-order chi connectivity index (χ1) is 8.05. The molecule has 0 saturated carbocycles. The second-order valence-electron chi connectivity index (χ2n) is 5.73. The van der Waals surface area contributed by atoms with Crippen LogP contribution in [-0.2, 0) is 11.2 Å². The Kier molecular flexibility index (Phi) is 2.15. The van der Waals surface area contributed by atoms with Gasteiger partial charge in [0.15, 0.2) is 5.78 Å². The molecule has 2 heteroatoms. The van der Waals surface area contributed by atoms with Crippen molar-refractivity contribution in [3.63, 3.8) is 0 Å². The Labute approximate surface area is 101 Å². The largest absolute Gasteiger partial charge is 0.461 e. The molecular formula is C15H16O2. The van der Waals surface area contributed by atoms with Crippen molar-refractivity contribution in [3.05, 3.63) is 41.2 Å². The van der Waals surface area contributed by atoms with Gasteiger partial charge in [0.25, 0.3) is 0 Å². The highest BCUT2D eigenvalue weighted by Crippen LogP contribution is 2.42. The van der Waals surface area contributed by atoms with Crippen LogP contribution in [0.3, 0.4) is 0 Å². The molecular weight excluding hydrogens is 212 g/mol. The van der Waals surface area contributed by atoms with Gasteiger partial charge >= 0.3 is 0 Å². The van der Waals surface area contributed by atoms with Gasteiger partial charge in [-0.3, -0.25) is 4.79 Å². The van der Waals surface area contributed by atoms with Crippen LogP contribution in [-0.4, -0.2) is 5.78 Å². The van der Waals surface area contributed by atoms with E-state index in [1.807, 2.05) is 24.3 Å². The molecule has 2 aliphatic rings. The number of ether oxygens (including phenoxy) is 1. The summed E-state index contributed by atoms with van der Waals surface area (Å²) >= 11 is 0. The van der Waals surface area contributed by atoms with E-state index in [0.717, 1.165) is 35.5 Å². The molecule has 0 fully saturated rings. The number of rotatable bonds is 0. The molecule has 0 amide bonds. The summed E-state index contributed by atoms with van der Waals surface area (Å²) in [6.45, 7) is 4.25. The lowest BCUT2D eigenvalue weighted by Gasteiger charge is -2.34. The summed E-state index contributed by atoms with van der Waals surface area (Å²) < 4.78 is 5.90. The highest BCUT2D eigenvalue weighted by Gasteiger charge is 2.36. The lowest BCUT2D eigenvalue weighted by Crippen LogP contribution is -2.30. The number of para-hydroxylation sites is 1. The summed E-state index contributed by atoms with van der Waals surface area (Å²) in [5.74, 6) is 2.06. The minimum absolute atomic E-state index is 0.0300. The normalized spacial score (nSPS) is 21.6. The van der Waals surface area contributed by atoms with Gasteiger partial charge in [-0.25, -0.2) is 0 Å². The number of benzene rings is 1. The first-order valence-electron chi connectivity index (χ1n) is 6.06. The summed E-state index contributed by atoms with van der Waals surface area (Å²) in [5, 5.41) is 0. The van der Waals surface area contributed by atoms with Gasteiger partial charge in [0.2, 0.25) is 0 Å². The summed E-state index contributed by atoms with van der Waals surface area (Å²) in [5.41, 5.74) is 2.05. The molecule has 0 aromatic heterocycles. The highest BCUT2D eigenvalue weighted by atomic mass is 16.5. The standard InChI is InChI=1S/C15H16O2/c1-15(2)8-12(16)11-7-10-5-3-4-6-13(10)17-14(11)9-15/h3-6H,7-9H2,1-2H3. The van der Waals surface area contributed by atoms with E-state index in [2.05, 4.69) is 13.8 Å². The number of fused-ring (bicyclic) bond motifs is 1. The van der Waals surface area contributed by atoms with E-state index in [9.17, 15) is 4.79 Å². The maximum absolute atomic E-state index is 12.1. The molecule has 1 heterocycles. The van der Waals surface area contributed by atoms with Gasteiger partial charge in [-0.2, -0.15) is 0 Å². The van der Waals surface area contributed by atoms with Crippen LogP contribution < -0.4 is 4.74 Å². The van der Waals surface area contributed by atoms with Gasteiger partial charge in [0, 0.05) is 24.8 Å². The molecule has 17 heavy (non-hydrogen) atoms. The first-order valence-corrected chi connectivity index (χ1v) is 6.06. The maximum Gasteiger partial charge on any atom is 0.163 e. The number of allylic oxidation sites excluding steroid dienone is 2. The molecule has 0 atom stereocenters. The molecule has 1 aliphatic heterocycles. The summed E-state index contributed by atoms with van der Waals surface area (Å²) in [4.78, 5) is 12.1. The molecule has 0 spiro atoms. The molecule has 0 radical (unpaired) electrons. The fourth-order valence-electron chi connectivity index (χ4n) is 2.67. The third-order valence-electron chi connectivity index (χ3n) is 3.52. The van der Waals surface area contributed by atoms with Crippen LogP contribution >= 0.6 is 0 Å². The zero-order chi connectivity index (χ0) is 12.0. The monoisotopic (exact) mass is 228 g/mol. The number of Topliss-reactive ketones (excluding diaryl/α,β-unsaturated/α-hetero) is 1. The maximum atomic E-state index is 12.1. The van der Waals surface area contributed by atoms with E-state index in [1.54, 1.807) is 0 Å². The Balaban J connectivity index is 2.02. The number of hydrogen-bond donors (Lipinski definition) is 0. The zero-order valence-corrected chi connectivity index (χ0v) is 10.2. The second-order valence-corrected chi connectivity index (χ2v) is 5.73. The highest BCUT2D eigenvalue weighted by molar-refractivity contribution is 5.98. The molecule has 0 bridgehead atoms. The Morgan fingerprint density at radius 1 is 1.18 bits per heavy atom. The fourth-order valence-corrected chi connectivity index (χ4v) is 2.67. The third kappa shape index (κ3) is 1.78. The topological polar surface area (TPSA) is 26.3 Å². The molecule has 2 nitrogen and oxygen atoms in total. The van der Waals surface area contributed by atoms with Crippen molar-refractivity contribution in [2.24, 2.45) is 5.41 Å². The van der Waals surface area contributed by atoms with E-state index in [4.69, 9.17) is 4.74 Å². The molecule has 1 aromatic carbocycles. The Hall–Kier alpha value is -1.57. The minimum atomic E-state index is 0.0300. The molecule has 1 aliphatic carbocycles. The van der Waals surface area contributed by atoms with Gasteiger partial charge in [-0.05, 0) is 17.0 Å². The van der Waals surface area contributed by atoms with Crippen LogP contribution in [0.4, 0.5) is 0 Å². The van der Waals surface area contributed by atoms with E-state index >= 15 is 0 Å². The molecule has 0 saturated heterocycles. The van der Waals surface area contributed by atoms with Gasteiger partial charge in [-0.15, -0.1) is 0 Å². The summed E-state index contributed by atoms with van der Waals surface area (Å²) in [6, 6.07) is 7.97. The number of hydrogen-bond acceptors (Lipinski definition) is 2. The van der Waals surface area contributed by atoms with E-state index in [1.165, 1.54) is 0 Å². The summed E-state index contributed by atoms with van der Waals surface area (Å²) in [6.07, 6.45) is 2.24. The molecule has 0 N–H and O–H groups in total. The Bertz CT molecular complexity index is 523. The molecule has 3 rings (SSSR count). The fraction of sp³-hybridized carbons (Fsp3) is 0.400. The predicted octanol–water partition coefficient (Wildman–Crippen LogP) is 3.26. The minimum Gasteiger partial charge on any atom is -0.461 e. The molecule has 88 valence electrons. The van der Waals surface area contributed by atoms with Crippen LogP contribution in [0.25, 0.3) is 0 Å². The predicted molar refractivity (Wildman–Crippen MR) is 65.8 cm³/mol. The summed E-state index contributed by atoms with van der Waals surface area (Å²) in [7, 11) is 0. The van der Waals surface area contributed by atoms with E-state index < -0.39 is 0 Å². The quantitative estimate of drug-likeness (QED) is 0.681. The number of ketones is 1. The van der Waals surface area contributed by atoms with E-state index in [0.29, 0.717) is 6.42 Å². The first kappa shape index (κ1) is 10.6. The van der Waals surface area contributed by atoms with Crippen molar-refractivity contribution >= 4 is 5.78 Å². The van der Waals surface area contributed by atoms with Crippen molar-refractivity contribution in [2.75, 3.05) is 0 Å². The van der Waals surface area contributed by atoms with Crippen LogP contribution in [0.15, 0.2) is 35.6 Å². The lowest BCUT2D eigenvalue weighted by molar-refractivity contribution is -0.118. The van der Waals surface area contributed by atoms with Crippen LogP contribution in [0.5, 0.6) is 5.75 Å². The SMILES string of the molecule is CC1(C)CC(=O)C2=C(C1)Oc1ccccc1C2. The van der Waals surface area contributed by atoms with Crippen LogP contribution in [0, 0.1) is 5.41 Å². The van der Waals surface area contributed by atoms with Crippen molar-refractivity contribution < 1.29 is 9.53 Å².